The molecule has 0 unspecified atom stereocenters. The normalized spacial score (nSPS) is 11.2. The van der Waals surface area contributed by atoms with E-state index >= 15 is 0 Å². The number of carbonyl (C=O) groups is 1. The first-order valence-electron chi connectivity index (χ1n) is 7.64. The Hall–Kier alpha value is -2.85. The van der Waals surface area contributed by atoms with Crippen molar-refractivity contribution in [1.82, 2.24) is 9.36 Å². The number of para-hydroxylation sites is 1. The topological polar surface area (TPSA) is 98.2 Å². The number of hydrogen-bond acceptors (Lipinski definition) is 7. The van der Waals surface area contributed by atoms with Crippen LogP contribution in [0.2, 0.25) is 0 Å². The standard InChI is InChI=1S/C17H14FN3O4S2/c1-25-14-5-3-2-4-13(14)15(22)19-16-20-17(21-26-16)27(23,24)10-11-6-8-12(18)9-7-11/h2-9H,10H2,1H3,(H,19,20,21,22). The molecule has 1 heterocycles. The zero-order valence-corrected chi connectivity index (χ0v) is 15.7. The highest BCUT2D eigenvalue weighted by atomic mass is 32.2. The smallest absolute Gasteiger partial charge is 0.261 e. The second-order valence-electron chi connectivity index (χ2n) is 5.42. The molecular weight excluding hydrogens is 393 g/mol. The van der Waals surface area contributed by atoms with E-state index in [9.17, 15) is 17.6 Å². The summed E-state index contributed by atoms with van der Waals surface area (Å²) in [5, 5.41) is 2.16. The van der Waals surface area contributed by atoms with Crippen LogP contribution >= 0.6 is 11.5 Å². The second kappa shape index (κ2) is 7.80. The molecule has 0 saturated carbocycles. The molecule has 0 bridgehead atoms. The van der Waals surface area contributed by atoms with Gasteiger partial charge in [-0.3, -0.25) is 10.1 Å². The fourth-order valence-electron chi connectivity index (χ4n) is 2.25. The summed E-state index contributed by atoms with van der Waals surface area (Å²) in [7, 11) is -2.39. The quantitative estimate of drug-likeness (QED) is 0.675. The molecule has 1 aromatic heterocycles. The number of anilines is 1. The van der Waals surface area contributed by atoms with Gasteiger partial charge in [0.1, 0.15) is 11.6 Å². The number of nitrogens with one attached hydrogen (secondary N) is 1. The van der Waals surface area contributed by atoms with Crippen molar-refractivity contribution in [2.45, 2.75) is 10.9 Å². The molecule has 0 atom stereocenters. The lowest BCUT2D eigenvalue weighted by Gasteiger charge is -2.06. The van der Waals surface area contributed by atoms with E-state index in [4.69, 9.17) is 4.74 Å². The minimum absolute atomic E-state index is 0.0450. The Labute approximate surface area is 158 Å². The van der Waals surface area contributed by atoms with E-state index in [0.717, 1.165) is 11.5 Å². The van der Waals surface area contributed by atoms with Gasteiger partial charge in [0.05, 0.1) is 18.4 Å². The highest BCUT2D eigenvalue weighted by molar-refractivity contribution is 7.90. The summed E-state index contributed by atoms with van der Waals surface area (Å²) >= 11 is 0.753. The Morgan fingerprint density at radius 3 is 2.59 bits per heavy atom. The van der Waals surface area contributed by atoms with E-state index in [1.165, 1.54) is 31.4 Å². The van der Waals surface area contributed by atoms with Crippen LogP contribution in [-0.4, -0.2) is 30.8 Å². The summed E-state index contributed by atoms with van der Waals surface area (Å²) in [6, 6.07) is 11.7. The highest BCUT2D eigenvalue weighted by Crippen LogP contribution is 2.22. The molecule has 1 amide bonds. The molecule has 0 aliphatic carbocycles. The first-order chi connectivity index (χ1) is 12.9. The van der Waals surface area contributed by atoms with Crippen molar-refractivity contribution in [3.05, 3.63) is 65.5 Å². The maximum absolute atomic E-state index is 12.9. The number of hydrogen-bond donors (Lipinski definition) is 1. The van der Waals surface area contributed by atoms with Gasteiger partial charge in [-0.2, -0.15) is 9.36 Å². The molecule has 0 fully saturated rings. The predicted octanol–water partition coefficient (Wildman–Crippen LogP) is 2.91. The summed E-state index contributed by atoms with van der Waals surface area (Å²) in [6.45, 7) is 0. The van der Waals surface area contributed by atoms with Crippen molar-refractivity contribution in [2.24, 2.45) is 0 Å². The Balaban J connectivity index is 1.75. The molecule has 1 N–H and O–H groups in total. The van der Waals surface area contributed by atoms with Gasteiger partial charge in [-0.05, 0) is 29.8 Å². The second-order valence-corrected chi connectivity index (χ2v) is 8.06. The van der Waals surface area contributed by atoms with Gasteiger partial charge in [0.2, 0.25) is 15.0 Å². The third kappa shape index (κ3) is 4.47. The molecule has 10 heteroatoms. The van der Waals surface area contributed by atoms with Gasteiger partial charge >= 0.3 is 0 Å². The summed E-state index contributed by atoms with van der Waals surface area (Å²) in [6.07, 6.45) is 0. The largest absolute Gasteiger partial charge is 0.496 e. The Morgan fingerprint density at radius 2 is 1.89 bits per heavy atom. The van der Waals surface area contributed by atoms with Crippen LogP contribution in [0.15, 0.2) is 53.7 Å². The zero-order valence-electron chi connectivity index (χ0n) is 14.0. The molecule has 27 heavy (non-hydrogen) atoms. The van der Waals surface area contributed by atoms with Crippen LogP contribution in [0.25, 0.3) is 0 Å². The molecule has 7 nitrogen and oxygen atoms in total. The fraction of sp³-hybridized carbons (Fsp3) is 0.118. The lowest BCUT2D eigenvalue weighted by molar-refractivity contribution is 0.102. The van der Waals surface area contributed by atoms with Crippen molar-refractivity contribution >= 4 is 32.4 Å². The van der Waals surface area contributed by atoms with E-state index in [0.29, 0.717) is 11.3 Å². The van der Waals surface area contributed by atoms with Crippen LogP contribution in [0.5, 0.6) is 5.75 Å². The van der Waals surface area contributed by atoms with Crippen LogP contribution in [0, 0.1) is 5.82 Å². The van der Waals surface area contributed by atoms with Gasteiger partial charge < -0.3 is 4.74 Å². The lowest BCUT2D eigenvalue weighted by Crippen LogP contribution is -2.13. The average Bonchev–Trinajstić information content (AvgIpc) is 3.13. The third-order valence-electron chi connectivity index (χ3n) is 3.53. The monoisotopic (exact) mass is 407 g/mol. The highest BCUT2D eigenvalue weighted by Gasteiger charge is 2.22. The van der Waals surface area contributed by atoms with Crippen LogP contribution < -0.4 is 10.1 Å². The van der Waals surface area contributed by atoms with Crippen molar-refractivity contribution in [1.29, 1.82) is 0 Å². The lowest BCUT2D eigenvalue weighted by atomic mass is 10.2. The van der Waals surface area contributed by atoms with Crippen molar-refractivity contribution in [3.63, 3.8) is 0 Å². The number of carbonyl (C=O) groups excluding carboxylic acids is 1. The molecule has 3 rings (SSSR count). The molecule has 0 saturated heterocycles. The van der Waals surface area contributed by atoms with E-state index in [1.807, 2.05) is 0 Å². The maximum atomic E-state index is 12.9. The summed E-state index contributed by atoms with van der Waals surface area (Å²) in [5.74, 6) is -0.941. The van der Waals surface area contributed by atoms with Gasteiger partial charge in [0, 0.05) is 11.5 Å². The minimum atomic E-state index is -3.83. The van der Waals surface area contributed by atoms with Crippen LogP contribution in [0.4, 0.5) is 9.52 Å². The van der Waals surface area contributed by atoms with Crippen LogP contribution in [0.3, 0.4) is 0 Å². The van der Waals surface area contributed by atoms with Gasteiger partial charge in [-0.15, -0.1) is 0 Å². The zero-order chi connectivity index (χ0) is 19.4. The molecule has 0 aliphatic heterocycles. The number of methoxy groups -OCH3 is 1. The SMILES string of the molecule is COc1ccccc1C(=O)Nc1nc(S(=O)(=O)Cc2ccc(F)cc2)ns1. The molecule has 140 valence electrons. The summed E-state index contributed by atoms with van der Waals surface area (Å²) in [5.41, 5.74) is 0.691. The Morgan fingerprint density at radius 1 is 1.19 bits per heavy atom. The number of amides is 1. The predicted molar refractivity (Wildman–Crippen MR) is 98.1 cm³/mol. The number of halogens is 1. The van der Waals surface area contributed by atoms with Gasteiger partial charge in [0.15, 0.2) is 0 Å². The number of ether oxygens (including phenoxy) is 1. The molecule has 0 radical (unpaired) electrons. The molecule has 0 aliphatic rings. The average molecular weight is 407 g/mol. The van der Waals surface area contributed by atoms with Gasteiger partial charge in [-0.1, -0.05) is 24.3 Å². The van der Waals surface area contributed by atoms with E-state index in [-0.39, 0.29) is 16.4 Å². The van der Waals surface area contributed by atoms with Crippen LogP contribution in [0.1, 0.15) is 15.9 Å². The Bertz CT molecular complexity index is 1070. The molecule has 0 spiro atoms. The number of sulfone groups is 1. The number of benzene rings is 2. The van der Waals surface area contributed by atoms with Gasteiger partial charge in [-0.25, -0.2) is 12.8 Å². The molecular formula is C17H14FN3O4S2. The van der Waals surface area contributed by atoms with Crippen molar-refractivity contribution in [3.8, 4) is 5.75 Å². The summed E-state index contributed by atoms with van der Waals surface area (Å²) in [4.78, 5) is 16.2. The minimum Gasteiger partial charge on any atom is -0.496 e. The molecule has 2 aromatic carbocycles. The number of aromatic nitrogens is 2. The number of rotatable bonds is 6. The fourth-order valence-corrected chi connectivity index (χ4v) is 4.33. The van der Waals surface area contributed by atoms with Gasteiger partial charge in [0.25, 0.3) is 11.1 Å². The summed E-state index contributed by atoms with van der Waals surface area (Å²) < 4.78 is 46.7. The third-order valence-corrected chi connectivity index (χ3v) is 5.73. The molecule has 3 aromatic rings. The van der Waals surface area contributed by atoms with Crippen LogP contribution in [-0.2, 0) is 15.6 Å². The van der Waals surface area contributed by atoms with E-state index in [1.54, 1.807) is 24.3 Å². The Kier molecular flexibility index (Phi) is 5.47. The van der Waals surface area contributed by atoms with Crippen molar-refractivity contribution < 1.29 is 22.3 Å². The van der Waals surface area contributed by atoms with E-state index < -0.39 is 26.7 Å². The van der Waals surface area contributed by atoms with Crippen molar-refractivity contribution in [2.75, 3.05) is 12.4 Å². The first-order valence-corrected chi connectivity index (χ1v) is 10.1. The maximum Gasteiger partial charge on any atom is 0.261 e. The van der Waals surface area contributed by atoms with E-state index in [2.05, 4.69) is 14.7 Å². The first kappa shape index (κ1) is 18.9. The number of nitrogens with zero attached hydrogens (tertiary/aromatic N) is 2.